The fourth-order valence-corrected chi connectivity index (χ4v) is 1.71. The fourth-order valence-electron chi connectivity index (χ4n) is 1.71. The van der Waals surface area contributed by atoms with Gasteiger partial charge in [-0.1, -0.05) is 33.3 Å². The van der Waals surface area contributed by atoms with Crippen LogP contribution in [0.25, 0.3) is 0 Å². The van der Waals surface area contributed by atoms with Crippen LogP contribution in [0.15, 0.2) is 24.3 Å². The zero-order chi connectivity index (χ0) is 15.1. The second-order valence-electron chi connectivity index (χ2n) is 5.98. The molecule has 0 saturated carbocycles. The van der Waals surface area contributed by atoms with Crippen LogP contribution in [0.1, 0.15) is 58.2 Å². The van der Waals surface area contributed by atoms with Crippen molar-refractivity contribution in [3.63, 3.8) is 0 Å². The van der Waals surface area contributed by atoms with Crippen LogP contribution in [0.3, 0.4) is 0 Å². The van der Waals surface area contributed by atoms with Crippen molar-refractivity contribution >= 4 is 0 Å². The summed E-state index contributed by atoms with van der Waals surface area (Å²) in [6, 6.07) is 4.66. The van der Waals surface area contributed by atoms with Crippen molar-refractivity contribution in [2.75, 3.05) is 6.61 Å². The Bertz CT molecular complexity index is 439. The van der Waals surface area contributed by atoms with E-state index in [0.717, 1.165) is 30.1 Å². The van der Waals surface area contributed by atoms with Crippen LogP contribution in [-0.2, 0) is 6.54 Å². The van der Waals surface area contributed by atoms with Gasteiger partial charge in [-0.05, 0) is 24.5 Å². The molecule has 0 spiro atoms. The molecule has 0 bridgehead atoms. The maximum atomic E-state index is 5.76. The van der Waals surface area contributed by atoms with E-state index in [1.807, 2.05) is 13.0 Å². The predicted octanol–water partition coefficient (Wildman–Crippen LogP) is 4.05. The quantitative estimate of drug-likeness (QED) is 0.727. The molecule has 0 unspecified atom stereocenters. The molecule has 0 aliphatic rings. The number of nitrogens with one attached hydrogen (secondary N) is 1. The van der Waals surface area contributed by atoms with E-state index in [0.29, 0.717) is 18.6 Å². The summed E-state index contributed by atoms with van der Waals surface area (Å²) in [6.45, 7) is 16.0. The second-order valence-corrected chi connectivity index (χ2v) is 5.98. The molecule has 0 fully saturated rings. The lowest BCUT2D eigenvalue weighted by atomic mass is 10.1. The number of aromatic nitrogens is 1. The van der Waals surface area contributed by atoms with Gasteiger partial charge in [-0.3, -0.25) is 0 Å². The third kappa shape index (κ3) is 6.20. The molecule has 1 rings (SSSR count). The van der Waals surface area contributed by atoms with E-state index in [-0.39, 0.29) is 0 Å². The molecule has 0 saturated heterocycles. The van der Waals surface area contributed by atoms with Gasteiger partial charge in [-0.15, -0.1) is 6.58 Å². The molecule has 1 aromatic heterocycles. The first kappa shape index (κ1) is 16.7. The minimum atomic E-state index is 0.400. The topological polar surface area (TPSA) is 34.1 Å². The van der Waals surface area contributed by atoms with Gasteiger partial charge in [0.2, 0.25) is 5.88 Å². The fraction of sp³-hybridized carbons (Fsp3) is 0.588. The smallest absolute Gasteiger partial charge is 0.213 e. The predicted molar refractivity (Wildman–Crippen MR) is 85.2 cm³/mol. The Morgan fingerprint density at radius 1 is 1.30 bits per heavy atom. The highest BCUT2D eigenvalue weighted by atomic mass is 16.5. The summed E-state index contributed by atoms with van der Waals surface area (Å²) in [4.78, 5) is 4.58. The van der Waals surface area contributed by atoms with Crippen molar-refractivity contribution < 1.29 is 4.74 Å². The number of pyridine rings is 1. The van der Waals surface area contributed by atoms with Gasteiger partial charge >= 0.3 is 0 Å². The normalized spacial score (nSPS) is 11.2. The Morgan fingerprint density at radius 2 is 2.00 bits per heavy atom. The molecule has 1 heterocycles. The number of hydrogen-bond acceptors (Lipinski definition) is 3. The van der Waals surface area contributed by atoms with Crippen LogP contribution >= 0.6 is 0 Å². The molecule has 0 atom stereocenters. The Balaban J connectivity index is 2.78. The highest BCUT2D eigenvalue weighted by Crippen LogP contribution is 2.19. The van der Waals surface area contributed by atoms with Crippen LogP contribution in [-0.4, -0.2) is 17.6 Å². The molecular formula is C17H28N2O. The standard InChI is InChI=1S/C17H28N2O/c1-12(2)7-8-20-17-10-15(11-18-14(5)6)9-16(19-17)13(3)4/h9-10,13-14,18H,1,7-8,11H2,2-6H3. The van der Waals surface area contributed by atoms with E-state index < -0.39 is 0 Å². The molecular weight excluding hydrogens is 248 g/mol. The highest BCUT2D eigenvalue weighted by molar-refractivity contribution is 5.26. The Kier molecular flexibility index (Phi) is 6.73. The van der Waals surface area contributed by atoms with Gasteiger partial charge in [0.15, 0.2) is 0 Å². The molecule has 1 aromatic rings. The van der Waals surface area contributed by atoms with E-state index in [1.165, 1.54) is 5.56 Å². The van der Waals surface area contributed by atoms with Gasteiger partial charge in [0.25, 0.3) is 0 Å². The number of nitrogens with zero attached hydrogens (tertiary/aromatic N) is 1. The summed E-state index contributed by atoms with van der Waals surface area (Å²) in [5.41, 5.74) is 3.44. The third-order valence-corrected chi connectivity index (χ3v) is 2.97. The van der Waals surface area contributed by atoms with E-state index in [4.69, 9.17) is 4.74 Å². The minimum absolute atomic E-state index is 0.400. The average molecular weight is 276 g/mol. The van der Waals surface area contributed by atoms with Gasteiger partial charge in [0.05, 0.1) is 6.61 Å². The van der Waals surface area contributed by atoms with Crippen LogP contribution in [0.5, 0.6) is 5.88 Å². The SMILES string of the molecule is C=C(C)CCOc1cc(CNC(C)C)cc(C(C)C)n1. The van der Waals surface area contributed by atoms with Crippen molar-refractivity contribution in [3.8, 4) is 5.88 Å². The van der Waals surface area contributed by atoms with Crippen molar-refractivity contribution in [2.45, 2.75) is 59.5 Å². The molecule has 0 aromatic carbocycles. The highest BCUT2D eigenvalue weighted by Gasteiger charge is 2.07. The molecule has 0 aliphatic carbocycles. The Morgan fingerprint density at radius 3 is 2.55 bits per heavy atom. The Hall–Kier alpha value is -1.35. The lowest BCUT2D eigenvalue weighted by molar-refractivity contribution is 0.307. The zero-order valence-electron chi connectivity index (χ0n) is 13.5. The summed E-state index contributed by atoms with van der Waals surface area (Å²) in [7, 11) is 0. The minimum Gasteiger partial charge on any atom is -0.477 e. The zero-order valence-corrected chi connectivity index (χ0v) is 13.5. The summed E-state index contributed by atoms with van der Waals surface area (Å²) in [6.07, 6.45) is 0.868. The maximum Gasteiger partial charge on any atom is 0.213 e. The number of rotatable bonds is 8. The van der Waals surface area contributed by atoms with E-state index >= 15 is 0 Å². The van der Waals surface area contributed by atoms with Crippen LogP contribution in [0.4, 0.5) is 0 Å². The Labute approximate surface area is 123 Å². The summed E-state index contributed by atoms with van der Waals surface area (Å²) in [5.74, 6) is 1.12. The summed E-state index contributed by atoms with van der Waals surface area (Å²) in [5, 5.41) is 3.43. The molecule has 3 heteroatoms. The van der Waals surface area contributed by atoms with Crippen molar-refractivity contribution in [1.82, 2.24) is 10.3 Å². The number of hydrogen-bond donors (Lipinski definition) is 1. The average Bonchev–Trinajstić information content (AvgIpc) is 2.35. The van der Waals surface area contributed by atoms with Gasteiger partial charge in [0.1, 0.15) is 0 Å². The third-order valence-electron chi connectivity index (χ3n) is 2.97. The molecule has 20 heavy (non-hydrogen) atoms. The molecule has 0 aliphatic heterocycles. The molecule has 1 N–H and O–H groups in total. The lowest BCUT2D eigenvalue weighted by Crippen LogP contribution is -2.22. The first-order valence-electron chi connectivity index (χ1n) is 7.40. The van der Waals surface area contributed by atoms with Crippen molar-refractivity contribution in [3.05, 3.63) is 35.5 Å². The lowest BCUT2D eigenvalue weighted by Gasteiger charge is -2.14. The molecule has 0 amide bonds. The van der Waals surface area contributed by atoms with E-state index in [9.17, 15) is 0 Å². The number of ether oxygens (including phenoxy) is 1. The summed E-state index contributed by atoms with van der Waals surface area (Å²) < 4.78 is 5.76. The van der Waals surface area contributed by atoms with Gasteiger partial charge in [-0.25, -0.2) is 4.98 Å². The largest absolute Gasteiger partial charge is 0.477 e. The van der Waals surface area contributed by atoms with Crippen LogP contribution in [0.2, 0.25) is 0 Å². The molecule has 3 nitrogen and oxygen atoms in total. The van der Waals surface area contributed by atoms with Gasteiger partial charge in [-0.2, -0.15) is 0 Å². The summed E-state index contributed by atoms with van der Waals surface area (Å²) >= 11 is 0. The van der Waals surface area contributed by atoms with Crippen molar-refractivity contribution in [2.24, 2.45) is 0 Å². The van der Waals surface area contributed by atoms with Crippen LogP contribution < -0.4 is 10.1 Å². The molecule has 0 radical (unpaired) electrons. The first-order valence-corrected chi connectivity index (χ1v) is 7.40. The maximum absolute atomic E-state index is 5.76. The van der Waals surface area contributed by atoms with Gasteiger partial charge in [0, 0.05) is 30.8 Å². The van der Waals surface area contributed by atoms with Crippen LogP contribution in [0, 0.1) is 0 Å². The molecule has 112 valence electrons. The first-order chi connectivity index (χ1) is 9.38. The van der Waals surface area contributed by atoms with Gasteiger partial charge < -0.3 is 10.1 Å². The monoisotopic (exact) mass is 276 g/mol. The van der Waals surface area contributed by atoms with Crippen molar-refractivity contribution in [1.29, 1.82) is 0 Å². The van der Waals surface area contributed by atoms with E-state index in [1.54, 1.807) is 0 Å². The second kappa shape index (κ2) is 8.05. The van der Waals surface area contributed by atoms with E-state index in [2.05, 4.69) is 50.6 Å².